The number of carbonyl (C=O) groups excluding carboxylic acids is 4. The van der Waals surface area contributed by atoms with Crippen LogP contribution in [0.1, 0.15) is 99.0 Å². The largest absolute Gasteiger partial charge is 0.494 e. The van der Waals surface area contributed by atoms with Gasteiger partial charge in [-0.25, -0.2) is 22.7 Å². The number of benzene rings is 2. The van der Waals surface area contributed by atoms with Gasteiger partial charge in [-0.15, -0.1) is 0 Å². The maximum Gasteiger partial charge on any atom is 0.276 e. The molecule has 0 atom stereocenters. The Hall–Kier alpha value is -7.51. The van der Waals surface area contributed by atoms with Crippen LogP contribution in [0, 0.1) is 31.6 Å². The van der Waals surface area contributed by atoms with E-state index in [-0.39, 0.29) is 59.6 Å². The number of fused-ring (bicyclic) bond motifs is 2. The van der Waals surface area contributed by atoms with E-state index < -0.39 is 33.7 Å². The van der Waals surface area contributed by atoms with Crippen molar-refractivity contribution < 1.29 is 37.1 Å². The second-order valence-corrected chi connectivity index (χ2v) is 19.2. The molecule has 0 spiro atoms. The predicted molar refractivity (Wildman–Crippen MR) is 258 cm³/mol. The van der Waals surface area contributed by atoms with E-state index in [9.17, 15) is 27.6 Å². The molecule has 0 radical (unpaired) electrons. The van der Waals surface area contributed by atoms with Crippen LogP contribution in [0.4, 0.5) is 11.9 Å². The molecule has 8 rings (SSSR count). The number of allylic oxidation sites excluding steroid dienone is 2. The molecule has 1 aliphatic heterocycles. The van der Waals surface area contributed by atoms with Crippen molar-refractivity contribution >= 4 is 67.6 Å². The van der Waals surface area contributed by atoms with Crippen molar-refractivity contribution in [2.75, 3.05) is 37.4 Å². The van der Waals surface area contributed by atoms with Crippen LogP contribution in [0.3, 0.4) is 0 Å². The van der Waals surface area contributed by atoms with Gasteiger partial charge in [0.05, 0.1) is 34.8 Å². The molecule has 0 bridgehead atoms. The molecule has 1 aliphatic carbocycles. The first-order valence-electron chi connectivity index (χ1n) is 22.8. The first-order chi connectivity index (χ1) is 33.1. The summed E-state index contributed by atoms with van der Waals surface area (Å²) in [5.74, 6) is 5.03. The minimum absolute atomic E-state index is 0.0516. The van der Waals surface area contributed by atoms with Gasteiger partial charge in [-0.3, -0.25) is 39.2 Å². The van der Waals surface area contributed by atoms with E-state index in [4.69, 9.17) is 30.9 Å². The molecule has 4 aromatic heterocycles. The molecule has 0 unspecified atom stereocenters. The number of aromatic nitrogens is 8. The highest BCUT2D eigenvalue weighted by molar-refractivity contribution is 7.90. The average molecular weight is 962 g/mol. The molecule has 1 saturated carbocycles. The van der Waals surface area contributed by atoms with Gasteiger partial charge in [-0.05, 0) is 95.7 Å². The smallest absolute Gasteiger partial charge is 0.276 e. The van der Waals surface area contributed by atoms with E-state index in [2.05, 4.69) is 32.7 Å². The third-order valence-corrected chi connectivity index (χ3v) is 14.6. The van der Waals surface area contributed by atoms with Crippen molar-refractivity contribution in [1.29, 1.82) is 0 Å². The number of primary amides is 2. The molecule has 1 saturated heterocycles. The maximum absolute atomic E-state index is 13.9. The van der Waals surface area contributed by atoms with Gasteiger partial charge < -0.3 is 30.1 Å². The maximum atomic E-state index is 13.9. The van der Waals surface area contributed by atoms with Gasteiger partial charge in [-0.2, -0.15) is 10.2 Å². The van der Waals surface area contributed by atoms with Crippen LogP contribution < -0.4 is 31.6 Å². The number of sulfonamides is 1. The number of hydrogen-bond acceptors (Lipinski definition) is 12. The zero-order chi connectivity index (χ0) is 49.1. The fourth-order valence-corrected chi connectivity index (χ4v) is 10.4. The van der Waals surface area contributed by atoms with E-state index in [0.29, 0.717) is 83.2 Å². The third kappa shape index (κ3) is 10.2. The zero-order valence-electron chi connectivity index (χ0n) is 39.1. The number of nitrogens with one attached hydrogen (secondary N) is 2. The van der Waals surface area contributed by atoms with Gasteiger partial charge in [0.2, 0.25) is 33.7 Å². The van der Waals surface area contributed by atoms with Gasteiger partial charge in [0.15, 0.2) is 0 Å². The van der Waals surface area contributed by atoms with E-state index in [1.54, 1.807) is 48.8 Å². The van der Waals surface area contributed by atoms with Crippen LogP contribution in [0.2, 0.25) is 0 Å². The number of aryl methyl sites for hydroxylation is 4. The molecule has 4 amide bonds. The van der Waals surface area contributed by atoms with E-state index in [0.717, 1.165) is 25.7 Å². The van der Waals surface area contributed by atoms with E-state index >= 15 is 0 Å². The Morgan fingerprint density at radius 2 is 1.23 bits per heavy atom. The van der Waals surface area contributed by atoms with E-state index in [1.807, 2.05) is 26.0 Å². The minimum atomic E-state index is -3.20. The Balaban J connectivity index is 1.10. The number of amides is 4. The lowest BCUT2D eigenvalue weighted by Gasteiger charge is -2.30. The lowest BCUT2D eigenvalue weighted by molar-refractivity contribution is 0.0991. The summed E-state index contributed by atoms with van der Waals surface area (Å²) < 4.78 is 45.6. The molecule has 69 heavy (non-hydrogen) atoms. The van der Waals surface area contributed by atoms with Gasteiger partial charge >= 0.3 is 0 Å². The first-order valence-corrected chi connectivity index (χ1v) is 24.3. The van der Waals surface area contributed by atoms with Crippen LogP contribution in [-0.4, -0.2) is 107 Å². The molecule has 21 nitrogen and oxygen atoms in total. The fourth-order valence-electron chi connectivity index (χ4n) is 8.51. The molecular weight excluding hydrogens is 907 g/mol. The molecule has 2 aromatic carbocycles. The Kier molecular flexibility index (Phi) is 13.9. The predicted octanol–water partition coefficient (Wildman–Crippen LogP) is 4.38. The monoisotopic (exact) mass is 961 g/mol. The number of ether oxygens (including phenoxy) is 2. The second-order valence-electron chi connectivity index (χ2n) is 17.0. The Labute approximate surface area is 398 Å². The lowest BCUT2D eigenvalue weighted by Crippen LogP contribution is -2.40. The highest BCUT2D eigenvalue weighted by Crippen LogP contribution is 2.35. The van der Waals surface area contributed by atoms with Crippen molar-refractivity contribution in [2.24, 2.45) is 17.4 Å². The van der Waals surface area contributed by atoms with Gasteiger partial charge in [0.25, 0.3) is 11.8 Å². The topological polar surface area (TPSA) is 272 Å². The van der Waals surface area contributed by atoms with Crippen LogP contribution in [0.15, 0.2) is 48.6 Å². The third-order valence-electron chi connectivity index (χ3n) is 12.2. The summed E-state index contributed by atoms with van der Waals surface area (Å²) in [6.45, 7) is 9.41. The van der Waals surface area contributed by atoms with Crippen molar-refractivity contribution in [1.82, 2.24) is 43.0 Å². The van der Waals surface area contributed by atoms with Crippen molar-refractivity contribution in [3.05, 3.63) is 82.5 Å². The number of piperidine rings is 1. The summed E-state index contributed by atoms with van der Waals surface area (Å²) in [7, 11) is -1.75. The molecule has 6 N–H and O–H groups in total. The van der Waals surface area contributed by atoms with Crippen LogP contribution in [0.5, 0.6) is 11.5 Å². The molecule has 22 heteroatoms. The highest BCUT2D eigenvalue weighted by atomic mass is 32.2. The summed E-state index contributed by atoms with van der Waals surface area (Å²) in [4.78, 5) is 62.0. The van der Waals surface area contributed by atoms with Gasteiger partial charge in [0, 0.05) is 56.8 Å². The van der Waals surface area contributed by atoms with Gasteiger partial charge in [0.1, 0.15) is 40.5 Å². The van der Waals surface area contributed by atoms with Crippen molar-refractivity contribution in [3.8, 4) is 23.3 Å². The Morgan fingerprint density at radius 3 is 1.70 bits per heavy atom. The minimum Gasteiger partial charge on any atom is -0.494 e. The average Bonchev–Trinajstić information content (AvgIpc) is 3.73. The number of anilines is 2. The number of rotatable bonds is 18. The molecule has 5 heterocycles. The van der Waals surface area contributed by atoms with Crippen LogP contribution >= 0.6 is 0 Å². The molecule has 6 aromatic rings. The number of imidazole rings is 2. The summed E-state index contributed by atoms with van der Waals surface area (Å²) in [6.07, 6.45) is 7.14. The van der Waals surface area contributed by atoms with Crippen LogP contribution in [-0.2, 0) is 36.2 Å². The quantitative estimate of drug-likeness (QED) is 0.0691. The first kappa shape index (κ1) is 48.0. The molecule has 2 aliphatic rings. The summed E-state index contributed by atoms with van der Waals surface area (Å²) >= 11 is 0. The molecular formula is C47H55N13O8S. The number of hydrogen-bond donors (Lipinski definition) is 4. The fraction of sp³-hybridized carbons (Fsp3) is 0.404. The van der Waals surface area contributed by atoms with Crippen molar-refractivity contribution in [3.63, 3.8) is 0 Å². The second kappa shape index (κ2) is 20.0. The lowest BCUT2D eigenvalue weighted by atomic mass is 9.95. The number of carbonyl (C=O) groups is 4. The van der Waals surface area contributed by atoms with Crippen LogP contribution in [0.25, 0.3) is 22.1 Å². The normalized spacial score (nSPS) is 14.6. The number of methoxy groups -OCH3 is 1. The summed E-state index contributed by atoms with van der Waals surface area (Å²) in [6, 6.07) is 9.41. The number of nitrogens with two attached hydrogens (primary N) is 2. The Morgan fingerprint density at radius 1 is 0.739 bits per heavy atom. The molecule has 362 valence electrons. The standard InChI is InChI=1S/C47H55N13O8S/c1-6-59-36(22-28(3)54-59)44(63)52-46-50-34-24-31(42(48)61)26-38(67-5)40(34)57(46)17-9-10-18-58-41-35(51-47(58)53-45(64)37-23-29(4)55-60(37)7-2)25-32(43(49)62)27-39(41)68-21-11-8-12-30-15-19-56(20-16-30)69(65,66)33-13-14-33/h9-10,22-27,30,33H,6-7,12-21H2,1-5H3,(H2,48,61)(H2,49,62)(H,50,52,63)(H,51,53,64)/b10-9+. The molecule has 2 fully saturated rings. The Bertz CT molecular complexity index is 3190. The van der Waals surface area contributed by atoms with Crippen molar-refractivity contribution in [2.45, 2.75) is 91.2 Å². The highest BCUT2D eigenvalue weighted by Gasteiger charge is 2.41. The summed E-state index contributed by atoms with van der Waals surface area (Å²) in [5.41, 5.74) is 15.3. The van der Waals surface area contributed by atoms with Gasteiger partial charge in [-0.1, -0.05) is 24.0 Å². The SMILES string of the molecule is CCn1nc(C)cc1C(=O)Nc1nc2cc(C(N)=O)cc(OC)c2n1C/C=C/Cn1c(NC(=O)c2cc(C)nn2CC)nc2cc(C(N)=O)cc(OCC#CCC3CCN(S(=O)(=O)C4CC4)CC3)c21. The number of nitrogens with zero attached hydrogens (tertiary/aromatic N) is 9. The van der Waals surface area contributed by atoms with E-state index in [1.165, 1.54) is 31.4 Å². The summed E-state index contributed by atoms with van der Waals surface area (Å²) in [5, 5.41) is 14.4. The zero-order valence-corrected chi connectivity index (χ0v) is 39.9.